The van der Waals surface area contributed by atoms with Gasteiger partial charge in [-0.1, -0.05) is 18.2 Å². The molecular formula is C30H47N5O7S. The number of carbonyl (C=O) groups excluding carboxylic acids is 4. The van der Waals surface area contributed by atoms with Gasteiger partial charge in [-0.3, -0.25) is 19.8 Å². The van der Waals surface area contributed by atoms with Gasteiger partial charge in [-0.2, -0.15) is 0 Å². The molecule has 0 aliphatic rings. The van der Waals surface area contributed by atoms with Crippen LogP contribution in [-0.4, -0.2) is 91.0 Å². The fourth-order valence-electron chi connectivity index (χ4n) is 4.38. The second-order valence-electron chi connectivity index (χ2n) is 11.0. The molecule has 0 saturated heterocycles. The van der Waals surface area contributed by atoms with Gasteiger partial charge in [0.15, 0.2) is 6.29 Å². The van der Waals surface area contributed by atoms with Gasteiger partial charge < -0.3 is 29.7 Å². The van der Waals surface area contributed by atoms with E-state index >= 15 is 0 Å². The number of amides is 4. The Morgan fingerprint density at radius 2 is 1.67 bits per heavy atom. The van der Waals surface area contributed by atoms with E-state index in [9.17, 15) is 19.2 Å². The first kappa shape index (κ1) is 35.9. The van der Waals surface area contributed by atoms with Crippen molar-refractivity contribution in [3.63, 3.8) is 0 Å². The van der Waals surface area contributed by atoms with Crippen molar-refractivity contribution in [1.82, 2.24) is 26.0 Å². The number of rotatable bonds is 16. The summed E-state index contributed by atoms with van der Waals surface area (Å²) in [5.74, 6) is -1.70. The number of benzene rings is 1. The molecule has 0 radical (unpaired) electrons. The van der Waals surface area contributed by atoms with Crippen molar-refractivity contribution in [1.29, 1.82) is 0 Å². The Balaban J connectivity index is 2.43. The van der Waals surface area contributed by atoms with Crippen LogP contribution in [0.1, 0.15) is 60.5 Å². The van der Waals surface area contributed by atoms with Gasteiger partial charge in [-0.25, -0.2) is 9.80 Å². The summed E-state index contributed by atoms with van der Waals surface area (Å²) >= 11 is 1.57. The normalized spacial score (nSPS) is 13.1. The molecule has 43 heavy (non-hydrogen) atoms. The molecule has 1 aromatic heterocycles. The maximum atomic E-state index is 14.3. The first-order valence-corrected chi connectivity index (χ1v) is 15.4. The summed E-state index contributed by atoms with van der Waals surface area (Å²) in [7, 11) is 1.52. The highest BCUT2D eigenvalue weighted by Crippen LogP contribution is 2.28. The van der Waals surface area contributed by atoms with E-state index in [0.29, 0.717) is 19.8 Å². The number of nitrogens with one attached hydrogen (secondary N) is 3. The van der Waals surface area contributed by atoms with Crippen LogP contribution >= 0.6 is 11.3 Å². The Bertz CT molecular complexity index is 1210. The minimum atomic E-state index is -1.25. The van der Waals surface area contributed by atoms with Crippen LogP contribution in [0.15, 0.2) is 29.6 Å². The fourth-order valence-corrected chi connectivity index (χ4v) is 5.34. The van der Waals surface area contributed by atoms with E-state index in [1.807, 2.05) is 50.4 Å². The van der Waals surface area contributed by atoms with Gasteiger partial charge in [0.2, 0.25) is 11.8 Å². The predicted molar refractivity (Wildman–Crippen MR) is 166 cm³/mol. The zero-order valence-electron chi connectivity index (χ0n) is 26.5. The number of ether oxygens (including phenoxy) is 3. The number of hydrazine groups is 1. The number of esters is 1. The smallest absolute Gasteiger partial charge is 0.329 e. The summed E-state index contributed by atoms with van der Waals surface area (Å²) in [4.78, 5) is 53.9. The van der Waals surface area contributed by atoms with Crippen molar-refractivity contribution in [2.45, 2.75) is 85.4 Å². The number of urea groups is 1. The number of thiophene rings is 1. The molecule has 3 N–H and O–H groups in total. The highest BCUT2D eigenvalue weighted by atomic mass is 32.1. The zero-order chi connectivity index (χ0) is 32.2. The van der Waals surface area contributed by atoms with Gasteiger partial charge in [-0.15, -0.1) is 11.3 Å². The van der Waals surface area contributed by atoms with E-state index < -0.39 is 54.2 Å². The van der Waals surface area contributed by atoms with Crippen molar-refractivity contribution in [3.8, 4) is 0 Å². The number of hydrogen-bond acceptors (Lipinski definition) is 9. The van der Waals surface area contributed by atoms with Gasteiger partial charge >= 0.3 is 12.0 Å². The average molecular weight is 622 g/mol. The number of hydrogen-bond donors (Lipinski definition) is 3. The molecule has 1 heterocycles. The maximum Gasteiger partial charge on any atom is 0.329 e. The van der Waals surface area contributed by atoms with Crippen LogP contribution in [-0.2, 0) is 35.1 Å². The van der Waals surface area contributed by atoms with Crippen LogP contribution in [0, 0.1) is 0 Å². The monoisotopic (exact) mass is 621 g/mol. The van der Waals surface area contributed by atoms with Gasteiger partial charge in [0, 0.05) is 38.1 Å². The van der Waals surface area contributed by atoms with Gasteiger partial charge in [-0.05, 0) is 70.9 Å². The van der Waals surface area contributed by atoms with E-state index in [1.54, 1.807) is 43.9 Å². The standard InChI is InChI=1S/C30H47N5O7S/c1-9-31-29(39)33-34(8)18-25(36)32-23(16-26(37)42-30(5,6)7)27(38)35(20(4)28(40-10-2)41-11-3)17-21-19-43-24-15-13-12-14-22(21)24/h12-15,19-20,23,28H,9-11,16-18H2,1-8H3,(H,32,36)(H2,31,33,39)/t20-,23-/m0/s1. The van der Waals surface area contributed by atoms with Gasteiger partial charge in [0.05, 0.1) is 19.0 Å². The lowest BCUT2D eigenvalue weighted by molar-refractivity contribution is -0.180. The van der Waals surface area contributed by atoms with Crippen LogP contribution in [0.2, 0.25) is 0 Å². The molecule has 0 aliphatic heterocycles. The molecule has 0 saturated carbocycles. The molecule has 4 amide bonds. The molecule has 13 heteroatoms. The number of carbonyl (C=O) groups is 4. The Labute approximate surface area is 258 Å². The first-order chi connectivity index (χ1) is 20.3. The highest BCUT2D eigenvalue weighted by Gasteiger charge is 2.36. The lowest BCUT2D eigenvalue weighted by atomic mass is 10.1. The van der Waals surface area contributed by atoms with Crippen LogP contribution in [0.25, 0.3) is 10.1 Å². The first-order valence-electron chi connectivity index (χ1n) is 14.5. The summed E-state index contributed by atoms with van der Waals surface area (Å²) in [6.07, 6.45) is -1.13. The van der Waals surface area contributed by atoms with E-state index in [1.165, 1.54) is 12.1 Å². The Hall–Kier alpha value is -3.26. The minimum Gasteiger partial charge on any atom is -0.460 e. The number of nitrogens with zero attached hydrogens (tertiary/aromatic N) is 2. The van der Waals surface area contributed by atoms with Crippen molar-refractivity contribution in [2.24, 2.45) is 0 Å². The lowest BCUT2D eigenvalue weighted by Gasteiger charge is -2.36. The minimum absolute atomic E-state index is 0.194. The Morgan fingerprint density at radius 3 is 2.28 bits per heavy atom. The van der Waals surface area contributed by atoms with Crippen molar-refractivity contribution in [2.75, 3.05) is 33.4 Å². The quantitative estimate of drug-likeness (QED) is 0.147. The molecule has 0 unspecified atom stereocenters. The van der Waals surface area contributed by atoms with E-state index in [-0.39, 0.29) is 13.1 Å². The fraction of sp³-hybridized carbons (Fsp3) is 0.600. The molecule has 1 aromatic carbocycles. The largest absolute Gasteiger partial charge is 0.460 e. The summed E-state index contributed by atoms with van der Waals surface area (Å²) in [6, 6.07) is 5.60. The third kappa shape index (κ3) is 11.7. The molecule has 2 rings (SSSR count). The summed E-state index contributed by atoms with van der Waals surface area (Å²) in [5.41, 5.74) is 2.65. The number of fused-ring (bicyclic) bond motifs is 1. The van der Waals surface area contributed by atoms with Crippen LogP contribution in [0.4, 0.5) is 4.79 Å². The lowest BCUT2D eigenvalue weighted by Crippen LogP contribution is -2.56. The SMILES string of the molecule is CCNC(=O)NN(C)CC(=O)N[C@@H](CC(=O)OC(C)(C)C)C(=O)N(Cc1csc2ccccc12)[C@@H](C)C(OCC)OCC. The molecule has 2 aromatic rings. The zero-order valence-corrected chi connectivity index (χ0v) is 27.3. The van der Waals surface area contributed by atoms with Crippen LogP contribution < -0.4 is 16.1 Å². The summed E-state index contributed by atoms with van der Waals surface area (Å²) in [5, 5.41) is 9.57. The third-order valence-electron chi connectivity index (χ3n) is 6.17. The van der Waals surface area contributed by atoms with Crippen LogP contribution in [0.3, 0.4) is 0 Å². The van der Waals surface area contributed by atoms with Crippen LogP contribution in [0.5, 0.6) is 0 Å². The topological polar surface area (TPSA) is 139 Å². The molecule has 240 valence electrons. The summed E-state index contributed by atoms with van der Waals surface area (Å²) < 4.78 is 18.3. The van der Waals surface area contributed by atoms with E-state index in [4.69, 9.17) is 14.2 Å². The molecule has 0 fully saturated rings. The molecule has 0 bridgehead atoms. The second kappa shape index (κ2) is 17.1. The Morgan fingerprint density at radius 1 is 1.02 bits per heavy atom. The molecular weight excluding hydrogens is 574 g/mol. The maximum absolute atomic E-state index is 14.3. The van der Waals surface area contributed by atoms with Gasteiger partial charge in [0.25, 0.3) is 0 Å². The van der Waals surface area contributed by atoms with E-state index in [2.05, 4.69) is 16.1 Å². The van der Waals surface area contributed by atoms with Crippen molar-refractivity contribution in [3.05, 3.63) is 35.2 Å². The van der Waals surface area contributed by atoms with Crippen molar-refractivity contribution < 1.29 is 33.4 Å². The molecule has 0 aliphatic carbocycles. The highest BCUT2D eigenvalue weighted by molar-refractivity contribution is 7.17. The van der Waals surface area contributed by atoms with E-state index in [0.717, 1.165) is 15.6 Å². The molecule has 0 spiro atoms. The second-order valence-corrected chi connectivity index (χ2v) is 11.9. The van der Waals surface area contributed by atoms with Crippen molar-refractivity contribution >= 4 is 45.2 Å². The number of likely N-dealkylation sites (N-methyl/N-ethyl adjacent to an activating group) is 1. The average Bonchev–Trinajstić information content (AvgIpc) is 3.32. The summed E-state index contributed by atoms with van der Waals surface area (Å²) in [6.45, 7) is 13.5. The third-order valence-corrected chi connectivity index (χ3v) is 7.18. The molecule has 2 atom stereocenters. The predicted octanol–water partition coefficient (Wildman–Crippen LogP) is 3.40. The van der Waals surface area contributed by atoms with Gasteiger partial charge in [0.1, 0.15) is 11.6 Å². The Kier molecular flexibility index (Phi) is 14.3. The molecule has 12 nitrogen and oxygen atoms in total.